The van der Waals surface area contributed by atoms with Crippen molar-refractivity contribution in [1.82, 2.24) is 0 Å². The van der Waals surface area contributed by atoms with Crippen molar-refractivity contribution in [2.75, 3.05) is 5.32 Å². The van der Waals surface area contributed by atoms with Gasteiger partial charge in [-0.3, -0.25) is 9.59 Å². The highest BCUT2D eigenvalue weighted by atomic mass is 35.5. The first kappa shape index (κ1) is 20.6. The Bertz CT molecular complexity index is 1420. The van der Waals surface area contributed by atoms with Gasteiger partial charge >= 0.3 is 0 Å². The zero-order valence-electron chi connectivity index (χ0n) is 17.1. The molecule has 0 fully saturated rings. The Hall–Kier alpha value is -4.34. The monoisotopic (exact) mass is 453 g/mol. The number of halogens is 1. The zero-order valence-corrected chi connectivity index (χ0v) is 17.9. The summed E-state index contributed by atoms with van der Waals surface area (Å²) in [7, 11) is 0. The van der Waals surface area contributed by atoms with Gasteiger partial charge in [0.2, 0.25) is 11.8 Å². The normalized spacial score (nSPS) is 19.1. The van der Waals surface area contributed by atoms with Crippen LogP contribution in [0.2, 0.25) is 5.02 Å². The molecule has 0 aliphatic carbocycles. The summed E-state index contributed by atoms with van der Waals surface area (Å²) in [6, 6.07) is 24.3. The number of Topliss-reactive ketones (excluding diaryl/α,β-unsaturated/α-hetero) is 1. The van der Waals surface area contributed by atoms with E-state index in [-0.39, 0.29) is 27.8 Å². The van der Waals surface area contributed by atoms with Crippen molar-refractivity contribution in [2.45, 2.75) is 5.41 Å². The Morgan fingerprint density at radius 2 is 1.67 bits per heavy atom. The van der Waals surface area contributed by atoms with Gasteiger partial charge in [0.15, 0.2) is 11.2 Å². The Kier molecular flexibility index (Phi) is 4.77. The second-order valence-corrected chi connectivity index (χ2v) is 7.99. The predicted molar refractivity (Wildman–Crippen MR) is 124 cm³/mol. The molecule has 1 spiro atoms. The maximum absolute atomic E-state index is 14.0. The van der Waals surface area contributed by atoms with Crippen LogP contribution in [0.3, 0.4) is 0 Å². The molecule has 2 heterocycles. The number of carbonyl (C=O) groups excluding carboxylic acids is 2. The second kappa shape index (κ2) is 7.66. The summed E-state index contributed by atoms with van der Waals surface area (Å²) >= 11 is 6.60. The zero-order chi connectivity index (χ0) is 23.2. The van der Waals surface area contributed by atoms with Gasteiger partial charge in [-0.1, -0.05) is 78.3 Å². The molecule has 160 valence electrons. The van der Waals surface area contributed by atoms with E-state index < -0.39 is 17.1 Å². The standard InChI is InChI=1S/C26H16ClN3O3/c27-18-12-7-13-19-20(18)26(25(32)30-19)17(14-28)24(29)33-23(16-10-5-2-6-11-16)21(26)22(31)15-8-3-1-4-9-15/h1-13H,29H2,(H,30,32). The highest BCUT2D eigenvalue weighted by Crippen LogP contribution is 2.55. The largest absolute Gasteiger partial charge is 0.439 e. The topological polar surface area (TPSA) is 105 Å². The summed E-state index contributed by atoms with van der Waals surface area (Å²) in [6.07, 6.45) is 0. The number of benzene rings is 3. The van der Waals surface area contributed by atoms with Crippen LogP contribution < -0.4 is 11.1 Å². The molecule has 1 amide bonds. The molecular weight excluding hydrogens is 438 g/mol. The van der Waals surface area contributed by atoms with Gasteiger partial charge in [0, 0.05) is 27.4 Å². The third-order valence-corrected chi connectivity index (χ3v) is 6.14. The number of hydrogen-bond donors (Lipinski definition) is 2. The van der Waals surface area contributed by atoms with E-state index in [9.17, 15) is 14.9 Å². The minimum Gasteiger partial charge on any atom is -0.439 e. The lowest BCUT2D eigenvalue weighted by molar-refractivity contribution is -0.118. The summed E-state index contributed by atoms with van der Waals surface area (Å²) in [5.74, 6) is -1.23. The van der Waals surface area contributed by atoms with Crippen LogP contribution in [0.25, 0.3) is 5.76 Å². The van der Waals surface area contributed by atoms with Crippen molar-refractivity contribution in [3.8, 4) is 6.07 Å². The molecule has 1 unspecified atom stereocenters. The molecule has 2 aliphatic heterocycles. The van der Waals surface area contributed by atoms with Crippen molar-refractivity contribution in [3.05, 3.63) is 118 Å². The van der Waals surface area contributed by atoms with Crippen LogP contribution in [0.1, 0.15) is 21.5 Å². The maximum Gasteiger partial charge on any atom is 0.245 e. The smallest absolute Gasteiger partial charge is 0.245 e. The highest BCUT2D eigenvalue weighted by molar-refractivity contribution is 6.35. The molecular formula is C26H16ClN3O3. The van der Waals surface area contributed by atoms with Gasteiger partial charge in [0.25, 0.3) is 0 Å². The molecule has 0 saturated heterocycles. The van der Waals surface area contributed by atoms with Crippen LogP contribution >= 0.6 is 11.6 Å². The number of fused-ring (bicyclic) bond motifs is 2. The summed E-state index contributed by atoms with van der Waals surface area (Å²) in [5.41, 5.74) is 5.69. The van der Waals surface area contributed by atoms with Gasteiger partial charge in [-0.2, -0.15) is 5.26 Å². The first-order valence-corrected chi connectivity index (χ1v) is 10.5. The number of nitrogens with zero attached hydrogens (tertiary/aromatic N) is 1. The van der Waals surface area contributed by atoms with Crippen molar-refractivity contribution in [1.29, 1.82) is 5.26 Å². The van der Waals surface area contributed by atoms with E-state index in [1.54, 1.807) is 72.8 Å². The number of nitrogens with two attached hydrogens (primary N) is 1. The Morgan fingerprint density at radius 3 is 2.33 bits per heavy atom. The van der Waals surface area contributed by atoms with Gasteiger partial charge in [-0.15, -0.1) is 0 Å². The first-order chi connectivity index (χ1) is 16.0. The first-order valence-electron chi connectivity index (χ1n) is 10.1. The summed E-state index contributed by atoms with van der Waals surface area (Å²) < 4.78 is 5.89. The molecule has 3 aromatic carbocycles. The fourth-order valence-corrected chi connectivity index (χ4v) is 4.76. The lowest BCUT2D eigenvalue weighted by Crippen LogP contribution is -2.45. The van der Waals surface area contributed by atoms with Crippen LogP contribution in [-0.4, -0.2) is 11.7 Å². The van der Waals surface area contributed by atoms with E-state index >= 15 is 0 Å². The average Bonchev–Trinajstić information content (AvgIpc) is 3.12. The maximum atomic E-state index is 14.0. The quantitative estimate of drug-likeness (QED) is 0.566. The van der Waals surface area contributed by atoms with Gasteiger partial charge in [-0.05, 0) is 12.1 Å². The van der Waals surface area contributed by atoms with Crippen LogP contribution in [0, 0.1) is 11.3 Å². The third-order valence-electron chi connectivity index (χ3n) is 5.82. The van der Waals surface area contributed by atoms with Gasteiger partial charge < -0.3 is 15.8 Å². The van der Waals surface area contributed by atoms with Crippen molar-refractivity contribution >= 4 is 34.7 Å². The van der Waals surface area contributed by atoms with Crippen molar-refractivity contribution in [3.63, 3.8) is 0 Å². The van der Waals surface area contributed by atoms with E-state index in [1.807, 2.05) is 12.1 Å². The van der Waals surface area contributed by atoms with E-state index in [0.717, 1.165) is 0 Å². The molecule has 3 aromatic rings. The Morgan fingerprint density at radius 1 is 1.00 bits per heavy atom. The lowest BCUT2D eigenvalue weighted by Gasteiger charge is -2.35. The van der Waals surface area contributed by atoms with Crippen molar-refractivity contribution < 1.29 is 14.3 Å². The number of nitriles is 1. The summed E-state index contributed by atoms with van der Waals surface area (Å²) in [5, 5.41) is 13.1. The van der Waals surface area contributed by atoms with Crippen LogP contribution in [0.15, 0.2) is 95.9 Å². The molecule has 0 aromatic heterocycles. The number of hydrogen-bond acceptors (Lipinski definition) is 5. The number of amides is 1. The molecule has 0 radical (unpaired) electrons. The number of ketones is 1. The van der Waals surface area contributed by atoms with Crippen molar-refractivity contribution in [2.24, 2.45) is 5.73 Å². The van der Waals surface area contributed by atoms with E-state index in [4.69, 9.17) is 22.1 Å². The third kappa shape index (κ3) is 2.87. The van der Waals surface area contributed by atoms with E-state index in [2.05, 4.69) is 5.32 Å². The molecule has 0 bridgehead atoms. The van der Waals surface area contributed by atoms with Gasteiger partial charge in [0.05, 0.1) is 5.57 Å². The fourth-order valence-electron chi connectivity index (χ4n) is 4.45. The predicted octanol–water partition coefficient (Wildman–Crippen LogP) is 4.55. The summed E-state index contributed by atoms with van der Waals surface area (Å²) in [6.45, 7) is 0. The van der Waals surface area contributed by atoms with E-state index in [0.29, 0.717) is 22.4 Å². The molecule has 2 aliphatic rings. The van der Waals surface area contributed by atoms with Crippen LogP contribution in [0.5, 0.6) is 0 Å². The second-order valence-electron chi connectivity index (χ2n) is 7.58. The molecule has 7 heteroatoms. The number of nitrogens with one attached hydrogen (secondary N) is 1. The summed E-state index contributed by atoms with van der Waals surface area (Å²) in [4.78, 5) is 27.8. The highest BCUT2D eigenvalue weighted by Gasteiger charge is 2.60. The molecule has 33 heavy (non-hydrogen) atoms. The van der Waals surface area contributed by atoms with Gasteiger partial charge in [0.1, 0.15) is 17.4 Å². The lowest BCUT2D eigenvalue weighted by atomic mass is 9.66. The Labute approximate surface area is 194 Å². The van der Waals surface area contributed by atoms with Gasteiger partial charge in [-0.25, -0.2) is 0 Å². The number of anilines is 1. The number of carbonyl (C=O) groups is 2. The molecule has 1 atom stereocenters. The minimum atomic E-state index is -1.87. The van der Waals surface area contributed by atoms with Crippen LogP contribution in [0.4, 0.5) is 5.69 Å². The number of ether oxygens (including phenoxy) is 1. The Balaban J connectivity index is 1.95. The molecule has 6 nitrogen and oxygen atoms in total. The fraction of sp³-hybridized carbons (Fsp3) is 0.0385. The molecule has 5 rings (SSSR count). The van der Waals surface area contributed by atoms with E-state index in [1.165, 1.54) is 0 Å². The number of rotatable bonds is 3. The average molecular weight is 454 g/mol. The minimum absolute atomic E-state index is 0.0185. The molecule has 0 saturated carbocycles. The molecule has 3 N–H and O–H groups in total. The SMILES string of the molecule is N#CC1=C(N)OC(c2ccccc2)=C(C(=O)c2ccccc2)C12C(=O)Nc1cccc(Cl)c12. The van der Waals surface area contributed by atoms with Crippen LogP contribution in [-0.2, 0) is 14.9 Å².